The molecule has 3 heterocycles. The van der Waals surface area contributed by atoms with Crippen LogP contribution in [0.15, 0.2) is 30.6 Å². The SMILES string of the molecule is CCC1C=C(c2ccc(N3CCOCC3)c(F)c2)c2c(N)ncnc2N1. The van der Waals surface area contributed by atoms with E-state index in [0.29, 0.717) is 43.6 Å². The van der Waals surface area contributed by atoms with Gasteiger partial charge in [0.05, 0.1) is 24.5 Å². The molecule has 26 heavy (non-hydrogen) atoms. The Balaban J connectivity index is 1.74. The molecule has 1 unspecified atom stereocenters. The number of nitrogens with two attached hydrogens (primary N) is 1. The lowest BCUT2D eigenvalue weighted by atomic mass is 9.92. The molecule has 2 aliphatic rings. The van der Waals surface area contributed by atoms with Crippen molar-refractivity contribution in [3.8, 4) is 0 Å². The standard InChI is InChI=1S/C19H22FN5O/c1-2-13-10-14(17-18(21)22-11-23-19(17)24-13)12-3-4-16(15(20)9-12)25-5-7-26-8-6-25/h3-4,9-11,13H,2,5-8H2,1H3,(H3,21,22,23,24). The van der Waals surface area contributed by atoms with Gasteiger partial charge in [-0.25, -0.2) is 14.4 Å². The molecule has 1 fully saturated rings. The first-order valence-corrected chi connectivity index (χ1v) is 8.89. The summed E-state index contributed by atoms with van der Waals surface area (Å²) in [5, 5.41) is 3.34. The van der Waals surface area contributed by atoms with Crippen LogP contribution in [0.4, 0.5) is 21.7 Å². The largest absolute Gasteiger partial charge is 0.383 e. The van der Waals surface area contributed by atoms with E-state index in [4.69, 9.17) is 10.5 Å². The van der Waals surface area contributed by atoms with E-state index < -0.39 is 0 Å². The van der Waals surface area contributed by atoms with Gasteiger partial charge in [0, 0.05) is 19.1 Å². The number of benzene rings is 1. The molecule has 1 atom stereocenters. The maximum atomic E-state index is 14.9. The fraction of sp³-hybridized carbons (Fsp3) is 0.368. The first kappa shape index (κ1) is 16.8. The van der Waals surface area contributed by atoms with E-state index in [9.17, 15) is 4.39 Å². The molecule has 136 valence electrons. The highest BCUT2D eigenvalue weighted by Crippen LogP contribution is 2.37. The first-order valence-electron chi connectivity index (χ1n) is 8.89. The molecule has 0 saturated carbocycles. The summed E-state index contributed by atoms with van der Waals surface area (Å²) in [6.45, 7) is 4.73. The number of aromatic nitrogens is 2. The van der Waals surface area contributed by atoms with Crippen molar-refractivity contribution in [1.82, 2.24) is 9.97 Å². The average Bonchev–Trinajstić information content (AvgIpc) is 2.68. The number of morpholine rings is 1. The number of nitrogens with zero attached hydrogens (tertiary/aromatic N) is 3. The van der Waals surface area contributed by atoms with E-state index in [2.05, 4.69) is 28.3 Å². The van der Waals surface area contributed by atoms with Crippen LogP contribution in [-0.4, -0.2) is 42.3 Å². The molecule has 3 N–H and O–H groups in total. The van der Waals surface area contributed by atoms with Gasteiger partial charge in [-0.05, 0) is 29.7 Å². The minimum absolute atomic E-state index is 0.119. The van der Waals surface area contributed by atoms with Crippen LogP contribution in [0.2, 0.25) is 0 Å². The second kappa shape index (κ2) is 6.92. The van der Waals surface area contributed by atoms with Gasteiger partial charge in [-0.2, -0.15) is 0 Å². The number of ether oxygens (including phenoxy) is 1. The molecule has 7 heteroatoms. The van der Waals surface area contributed by atoms with Crippen LogP contribution in [0.25, 0.3) is 5.57 Å². The number of anilines is 3. The number of nitrogens with one attached hydrogen (secondary N) is 1. The van der Waals surface area contributed by atoms with Crippen molar-refractivity contribution in [2.75, 3.05) is 42.3 Å². The monoisotopic (exact) mass is 355 g/mol. The first-order chi connectivity index (χ1) is 12.7. The molecule has 2 aliphatic heterocycles. The number of rotatable bonds is 3. The lowest BCUT2D eigenvalue weighted by Crippen LogP contribution is -2.36. The van der Waals surface area contributed by atoms with E-state index in [1.807, 2.05) is 17.0 Å². The van der Waals surface area contributed by atoms with Gasteiger partial charge in [0.15, 0.2) is 0 Å². The normalized spacial score (nSPS) is 19.5. The second-order valence-corrected chi connectivity index (χ2v) is 6.49. The van der Waals surface area contributed by atoms with Crippen molar-refractivity contribution in [3.63, 3.8) is 0 Å². The van der Waals surface area contributed by atoms with Gasteiger partial charge < -0.3 is 20.7 Å². The third-order valence-electron chi connectivity index (χ3n) is 4.89. The molecule has 2 aromatic rings. The third kappa shape index (κ3) is 2.99. The van der Waals surface area contributed by atoms with Gasteiger partial charge in [-0.15, -0.1) is 0 Å². The van der Waals surface area contributed by atoms with Crippen molar-refractivity contribution >= 4 is 22.9 Å². The zero-order valence-electron chi connectivity index (χ0n) is 14.7. The number of hydrogen-bond acceptors (Lipinski definition) is 6. The average molecular weight is 355 g/mol. The van der Waals surface area contributed by atoms with Crippen LogP contribution in [0, 0.1) is 5.82 Å². The Morgan fingerprint density at radius 3 is 2.85 bits per heavy atom. The van der Waals surface area contributed by atoms with Crippen LogP contribution >= 0.6 is 0 Å². The Bertz CT molecular complexity index is 848. The fourth-order valence-electron chi connectivity index (χ4n) is 3.47. The van der Waals surface area contributed by atoms with E-state index in [0.717, 1.165) is 23.1 Å². The van der Waals surface area contributed by atoms with Crippen molar-refractivity contribution in [3.05, 3.63) is 47.5 Å². The van der Waals surface area contributed by atoms with E-state index >= 15 is 0 Å². The summed E-state index contributed by atoms with van der Waals surface area (Å²) < 4.78 is 20.2. The zero-order chi connectivity index (χ0) is 18.1. The van der Waals surface area contributed by atoms with Gasteiger partial charge in [-0.1, -0.05) is 19.1 Å². The molecular weight excluding hydrogens is 333 g/mol. The zero-order valence-corrected chi connectivity index (χ0v) is 14.7. The predicted octanol–water partition coefficient (Wildman–Crippen LogP) is 2.67. The maximum absolute atomic E-state index is 14.9. The summed E-state index contributed by atoms with van der Waals surface area (Å²) in [5.74, 6) is 0.842. The van der Waals surface area contributed by atoms with Crippen molar-refractivity contribution in [1.29, 1.82) is 0 Å². The number of fused-ring (bicyclic) bond motifs is 1. The topological polar surface area (TPSA) is 76.3 Å². The summed E-state index contributed by atoms with van der Waals surface area (Å²) >= 11 is 0. The maximum Gasteiger partial charge on any atom is 0.147 e. The molecule has 6 nitrogen and oxygen atoms in total. The summed E-state index contributed by atoms with van der Waals surface area (Å²) in [5.41, 5.74) is 9.08. The fourth-order valence-corrected chi connectivity index (χ4v) is 3.47. The Hall–Kier alpha value is -2.67. The molecule has 0 radical (unpaired) electrons. The molecule has 0 amide bonds. The molecule has 1 aromatic carbocycles. The third-order valence-corrected chi connectivity index (χ3v) is 4.89. The highest BCUT2D eigenvalue weighted by Gasteiger charge is 2.24. The quantitative estimate of drug-likeness (QED) is 0.882. The van der Waals surface area contributed by atoms with Crippen molar-refractivity contribution in [2.24, 2.45) is 0 Å². The molecular formula is C19H22FN5O. The number of halogens is 1. The van der Waals surface area contributed by atoms with Crippen LogP contribution < -0.4 is 16.0 Å². The summed E-state index contributed by atoms with van der Waals surface area (Å²) in [7, 11) is 0. The lowest BCUT2D eigenvalue weighted by molar-refractivity contribution is 0.122. The summed E-state index contributed by atoms with van der Waals surface area (Å²) in [4.78, 5) is 10.4. The lowest BCUT2D eigenvalue weighted by Gasteiger charge is -2.30. The van der Waals surface area contributed by atoms with Crippen molar-refractivity contribution < 1.29 is 9.13 Å². The van der Waals surface area contributed by atoms with Crippen LogP contribution in [0.5, 0.6) is 0 Å². The number of hydrogen-bond donors (Lipinski definition) is 2. The molecule has 0 aliphatic carbocycles. The van der Waals surface area contributed by atoms with Crippen LogP contribution in [-0.2, 0) is 4.74 Å². The molecule has 0 bridgehead atoms. The van der Waals surface area contributed by atoms with Gasteiger partial charge in [0.1, 0.15) is 23.8 Å². The highest BCUT2D eigenvalue weighted by atomic mass is 19.1. The molecule has 1 saturated heterocycles. The van der Waals surface area contributed by atoms with E-state index in [1.165, 1.54) is 6.33 Å². The number of nitrogen functional groups attached to an aromatic ring is 1. The molecule has 4 rings (SSSR count). The molecule has 1 aromatic heterocycles. The second-order valence-electron chi connectivity index (χ2n) is 6.49. The Labute approximate surface area is 151 Å². The van der Waals surface area contributed by atoms with Gasteiger partial charge in [0.2, 0.25) is 0 Å². The molecule has 0 spiro atoms. The van der Waals surface area contributed by atoms with Crippen LogP contribution in [0.1, 0.15) is 24.5 Å². The van der Waals surface area contributed by atoms with E-state index in [1.54, 1.807) is 6.07 Å². The Kier molecular flexibility index (Phi) is 4.46. The Morgan fingerprint density at radius 2 is 2.12 bits per heavy atom. The summed E-state index contributed by atoms with van der Waals surface area (Å²) in [6, 6.07) is 5.46. The Morgan fingerprint density at radius 1 is 1.31 bits per heavy atom. The summed E-state index contributed by atoms with van der Waals surface area (Å²) in [6.07, 6.45) is 4.41. The van der Waals surface area contributed by atoms with Crippen LogP contribution in [0.3, 0.4) is 0 Å². The highest BCUT2D eigenvalue weighted by molar-refractivity contribution is 5.92. The smallest absolute Gasteiger partial charge is 0.147 e. The van der Waals surface area contributed by atoms with E-state index in [-0.39, 0.29) is 11.9 Å². The minimum atomic E-state index is -0.242. The van der Waals surface area contributed by atoms with Gasteiger partial charge in [-0.3, -0.25) is 0 Å². The predicted molar refractivity (Wildman–Crippen MR) is 101 cm³/mol. The van der Waals surface area contributed by atoms with Gasteiger partial charge >= 0.3 is 0 Å². The minimum Gasteiger partial charge on any atom is -0.383 e. The van der Waals surface area contributed by atoms with Gasteiger partial charge in [0.25, 0.3) is 0 Å². The van der Waals surface area contributed by atoms with Crippen molar-refractivity contribution in [2.45, 2.75) is 19.4 Å².